The Kier molecular flexibility index (Phi) is 8.96. The third-order valence-electron chi connectivity index (χ3n) is 3.32. The Bertz CT molecular complexity index is 401. The second-order valence-electron chi connectivity index (χ2n) is 4.89. The molecule has 1 heterocycles. The van der Waals surface area contributed by atoms with Crippen LogP contribution in [-0.2, 0) is 14.4 Å². The minimum atomic E-state index is 0.0953. The van der Waals surface area contributed by atoms with Gasteiger partial charge in [0.15, 0.2) is 5.78 Å². The standard InChI is InChI=1S/C15H23NO3S2/c1-3-12(17)5-7-16(8-6-13(18)4-2)9-14(19)15-10-20-11-21-15/h10H,3-9,11H2,1-2H3. The topological polar surface area (TPSA) is 54.5 Å². The van der Waals surface area contributed by atoms with Crippen molar-refractivity contribution in [1.29, 1.82) is 0 Å². The van der Waals surface area contributed by atoms with Crippen LogP contribution in [0.1, 0.15) is 39.5 Å². The van der Waals surface area contributed by atoms with E-state index < -0.39 is 0 Å². The Labute approximate surface area is 135 Å². The van der Waals surface area contributed by atoms with Crippen molar-refractivity contribution in [2.45, 2.75) is 39.5 Å². The molecular weight excluding hydrogens is 306 g/mol. The Balaban J connectivity index is 2.50. The molecule has 6 heteroatoms. The Morgan fingerprint density at radius 3 is 2.10 bits per heavy atom. The highest BCUT2D eigenvalue weighted by atomic mass is 32.2. The third-order valence-corrected chi connectivity index (χ3v) is 5.54. The fourth-order valence-corrected chi connectivity index (χ4v) is 3.89. The van der Waals surface area contributed by atoms with E-state index in [1.165, 1.54) is 0 Å². The molecule has 118 valence electrons. The summed E-state index contributed by atoms with van der Waals surface area (Å²) < 4.78 is 0. The summed E-state index contributed by atoms with van der Waals surface area (Å²) in [6.07, 6.45) is 1.94. The van der Waals surface area contributed by atoms with Gasteiger partial charge in [-0.25, -0.2) is 0 Å². The Morgan fingerprint density at radius 1 is 1.10 bits per heavy atom. The van der Waals surface area contributed by atoms with Crippen molar-refractivity contribution in [3.8, 4) is 0 Å². The van der Waals surface area contributed by atoms with Gasteiger partial charge in [-0.15, -0.1) is 23.5 Å². The fraction of sp³-hybridized carbons (Fsp3) is 0.667. The van der Waals surface area contributed by atoms with E-state index in [4.69, 9.17) is 0 Å². The predicted octanol–water partition coefficient (Wildman–Crippen LogP) is 2.87. The molecule has 0 bridgehead atoms. The number of thioether (sulfide) groups is 2. The number of carbonyl (C=O) groups is 3. The number of ketones is 3. The summed E-state index contributed by atoms with van der Waals surface area (Å²) in [7, 11) is 0. The van der Waals surface area contributed by atoms with E-state index in [-0.39, 0.29) is 17.3 Å². The molecule has 4 nitrogen and oxygen atoms in total. The number of hydrogen-bond acceptors (Lipinski definition) is 6. The maximum atomic E-state index is 12.2. The highest BCUT2D eigenvalue weighted by Crippen LogP contribution is 2.32. The van der Waals surface area contributed by atoms with Gasteiger partial charge >= 0.3 is 0 Å². The quantitative estimate of drug-likeness (QED) is 0.581. The molecule has 0 atom stereocenters. The van der Waals surface area contributed by atoms with Crippen molar-refractivity contribution < 1.29 is 14.4 Å². The summed E-state index contributed by atoms with van der Waals surface area (Å²) >= 11 is 3.20. The molecule has 0 unspecified atom stereocenters. The van der Waals surface area contributed by atoms with Gasteiger partial charge in [0.25, 0.3) is 0 Å². The number of hydrogen-bond donors (Lipinski definition) is 0. The van der Waals surface area contributed by atoms with Crippen LogP contribution in [0.3, 0.4) is 0 Å². The van der Waals surface area contributed by atoms with Gasteiger partial charge in [0, 0.05) is 43.9 Å². The van der Waals surface area contributed by atoms with Gasteiger partial charge in [0.1, 0.15) is 11.6 Å². The van der Waals surface area contributed by atoms with Crippen LogP contribution >= 0.6 is 23.5 Å². The lowest BCUT2D eigenvalue weighted by Crippen LogP contribution is -2.34. The van der Waals surface area contributed by atoms with Crippen LogP contribution in [0.2, 0.25) is 0 Å². The van der Waals surface area contributed by atoms with E-state index >= 15 is 0 Å². The van der Waals surface area contributed by atoms with Crippen molar-refractivity contribution in [3.05, 3.63) is 10.3 Å². The van der Waals surface area contributed by atoms with Crippen molar-refractivity contribution in [3.63, 3.8) is 0 Å². The van der Waals surface area contributed by atoms with Crippen LogP contribution in [0, 0.1) is 0 Å². The average molecular weight is 329 g/mol. The van der Waals surface area contributed by atoms with Crippen LogP contribution in [-0.4, -0.2) is 47.0 Å². The van der Waals surface area contributed by atoms with Crippen LogP contribution in [0.25, 0.3) is 0 Å². The molecule has 0 saturated carbocycles. The summed E-state index contributed by atoms with van der Waals surface area (Å²) in [6, 6.07) is 0. The maximum Gasteiger partial charge on any atom is 0.183 e. The molecular formula is C15H23NO3S2. The van der Waals surface area contributed by atoms with Gasteiger partial charge in [-0.3, -0.25) is 19.3 Å². The summed E-state index contributed by atoms with van der Waals surface area (Å²) in [5.74, 6) is 0.483. The highest BCUT2D eigenvalue weighted by molar-refractivity contribution is 8.22. The van der Waals surface area contributed by atoms with Gasteiger partial charge in [-0.2, -0.15) is 0 Å². The first-order valence-corrected chi connectivity index (χ1v) is 9.33. The lowest BCUT2D eigenvalue weighted by atomic mass is 10.2. The molecule has 0 radical (unpaired) electrons. The SMILES string of the molecule is CCC(=O)CCN(CCC(=O)CC)CC(=O)C1=CSCS1. The predicted molar refractivity (Wildman–Crippen MR) is 89.4 cm³/mol. The number of Topliss-reactive ketones (excluding diaryl/α,β-unsaturated/α-hetero) is 3. The third kappa shape index (κ3) is 7.29. The minimum Gasteiger partial charge on any atom is -0.300 e. The van der Waals surface area contributed by atoms with Crippen LogP contribution < -0.4 is 0 Å². The second-order valence-corrected chi connectivity index (χ2v) is 7.14. The fourth-order valence-electron chi connectivity index (χ4n) is 1.86. The van der Waals surface area contributed by atoms with E-state index in [0.29, 0.717) is 45.3 Å². The first-order chi connectivity index (χ1) is 10.1. The number of nitrogens with zero attached hydrogens (tertiary/aromatic N) is 1. The molecule has 21 heavy (non-hydrogen) atoms. The molecule has 1 aliphatic rings. The lowest BCUT2D eigenvalue weighted by molar-refractivity contribution is -0.121. The average Bonchev–Trinajstić information content (AvgIpc) is 3.03. The van der Waals surface area contributed by atoms with Gasteiger partial charge in [-0.1, -0.05) is 13.8 Å². The van der Waals surface area contributed by atoms with Crippen molar-refractivity contribution in [2.75, 3.05) is 24.7 Å². The van der Waals surface area contributed by atoms with Crippen molar-refractivity contribution in [2.24, 2.45) is 0 Å². The lowest BCUT2D eigenvalue weighted by Gasteiger charge is -2.20. The molecule has 0 aromatic heterocycles. The molecule has 0 aromatic rings. The number of carbonyl (C=O) groups excluding carboxylic acids is 3. The maximum absolute atomic E-state index is 12.2. The Hall–Kier alpha value is -0.590. The van der Waals surface area contributed by atoms with E-state index in [1.54, 1.807) is 23.5 Å². The van der Waals surface area contributed by atoms with E-state index in [1.807, 2.05) is 24.2 Å². The first kappa shape index (κ1) is 18.5. The zero-order valence-electron chi connectivity index (χ0n) is 12.7. The van der Waals surface area contributed by atoms with Gasteiger partial charge in [0.05, 0.1) is 11.4 Å². The summed E-state index contributed by atoms with van der Waals surface area (Å²) in [6.45, 7) is 5.10. The van der Waals surface area contributed by atoms with Crippen LogP contribution in [0.4, 0.5) is 0 Å². The molecule has 0 aromatic carbocycles. The van der Waals surface area contributed by atoms with Crippen molar-refractivity contribution in [1.82, 2.24) is 4.90 Å². The Morgan fingerprint density at radius 2 is 1.67 bits per heavy atom. The molecule has 1 aliphatic heterocycles. The smallest absolute Gasteiger partial charge is 0.183 e. The first-order valence-electron chi connectivity index (χ1n) is 7.30. The normalized spacial score (nSPS) is 14.3. The molecule has 0 N–H and O–H groups in total. The molecule has 0 amide bonds. The minimum absolute atomic E-state index is 0.0953. The largest absolute Gasteiger partial charge is 0.300 e. The number of rotatable bonds is 11. The van der Waals surface area contributed by atoms with Crippen LogP contribution in [0.5, 0.6) is 0 Å². The monoisotopic (exact) mass is 329 g/mol. The van der Waals surface area contributed by atoms with E-state index in [0.717, 1.165) is 9.99 Å². The molecule has 0 fully saturated rings. The molecule has 1 rings (SSSR count). The summed E-state index contributed by atoms with van der Waals surface area (Å²) in [5, 5.41) is 2.79. The summed E-state index contributed by atoms with van der Waals surface area (Å²) in [5.41, 5.74) is 0. The molecule has 0 aliphatic carbocycles. The zero-order chi connectivity index (χ0) is 15.7. The molecule has 0 spiro atoms. The van der Waals surface area contributed by atoms with Gasteiger partial charge in [-0.05, 0) is 5.41 Å². The van der Waals surface area contributed by atoms with Gasteiger partial charge < -0.3 is 0 Å². The summed E-state index contributed by atoms with van der Waals surface area (Å²) in [4.78, 5) is 37.8. The second kappa shape index (κ2) is 10.2. The van der Waals surface area contributed by atoms with Crippen LogP contribution in [0.15, 0.2) is 10.3 Å². The van der Waals surface area contributed by atoms with E-state index in [9.17, 15) is 14.4 Å². The molecule has 0 saturated heterocycles. The van der Waals surface area contributed by atoms with E-state index in [2.05, 4.69) is 0 Å². The van der Waals surface area contributed by atoms with Gasteiger partial charge in [0.2, 0.25) is 0 Å². The van der Waals surface area contributed by atoms with Crippen molar-refractivity contribution >= 4 is 40.9 Å². The zero-order valence-corrected chi connectivity index (χ0v) is 14.4. The highest BCUT2D eigenvalue weighted by Gasteiger charge is 2.19.